The van der Waals surface area contributed by atoms with Gasteiger partial charge in [0.2, 0.25) is 0 Å². The van der Waals surface area contributed by atoms with Crippen LogP contribution in [0.3, 0.4) is 0 Å². The molecule has 0 aliphatic rings. The highest BCUT2D eigenvalue weighted by Gasteiger charge is 2.21. The SMILES string of the molecule is Cc1cc(NCC(C)(C)N(C)C)c(C(N)=S)c(C)n1. The lowest BCUT2D eigenvalue weighted by atomic mass is 10.0. The summed E-state index contributed by atoms with van der Waals surface area (Å²) in [6.07, 6.45) is 0. The largest absolute Gasteiger partial charge is 0.389 e. The van der Waals surface area contributed by atoms with Crippen LogP contribution in [0.5, 0.6) is 0 Å². The zero-order valence-corrected chi connectivity index (χ0v) is 13.5. The molecule has 0 unspecified atom stereocenters. The van der Waals surface area contributed by atoms with Gasteiger partial charge in [0, 0.05) is 29.2 Å². The van der Waals surface area contributed by atoms with Crippen molar-refractivity contribution in [3.8, 4) is 0 Å². The van der Waals surface area contributed by atoms with Crippen LogP contribution >= 0.6 is 12.2 Å². The topological polar surface area (TPSA) is 54.2 Å². The molecule has 0 radical (unpaired) electrons. The van der Waals surface area contributed by atoms with Gasteiger partial charge < -0.3 is 16.0 Å². The van der Waals surface area contributed by atoms with Crippen LogP contribution in [-0.4, -0.2) is 41.1 Å². The zero-order valence-electron chi connectivity index (χ0n) is 12.7. The Morgan fingerprint density at radius 1 is 1.42 bits per heavy atom. The Morgan fingerprint density at radius 2 is 2.00 bits per heavy atom. The number of thiocarbonyl (C=S) groups is 1. The Balaban J connectivity index is 3.04. The average molecular weight is 280 g/mol. The second kappa shape index (κ2) is 5.84. The first kappa shape index (κ1) is 15.9. The van der Waals surface area contributed by atoms with Crippen molar-refractivity contribution >= 4 is 22.9 Å². The maximum atomic E-state index is 5.81. The van der Waals surface area contributed by atoms with Crippen LogP contribution in [0.2, 0.25) is 0 Å². The van der Waals surface area contributed by atoms with E-state index in [4.69, 9.17) is 18.0 Å². The summed E-state index contributed by atoms with van der Waals surface area (Å²) in [5.41, 5.74) is 9.49. The second-order valence-electron chi connectivity index (χ2n) is 5.70. The van der Waals surface area contributed by atoms with Crippen LogP contribution in [0.1, 0.15) is 30.8 Å². The molecular weight excluding hydrogens is 256 g/mol. The van der Waals surface area contributed by atoms with E-state index >= 15 is 0 Å². The molecule has 0 aliphatic carbocycles. The van der Waals surface area contributed by atoms with Gasteiger partial charge in [-0.2, -0.15) is 0 Å². The lowest BCUT2D eigenvalue weighted by Crippen LogP contribution is -2.44. The summed E-state index contributed by atoms with van der Waals surface area (Å²) in [4.78, 5) is 6.98. The van der Waals surface area contributed by atoms with Crippen LogP contribution < -0.4 is 11.1 Å². The Labute approximate surface area is 121 Å². The summed E-state index contributed by atoms with van der Waals surface area (Å²) in [7, 11) is 4.14. The van der Waals surface area contributed by atoms with Crippen LogP contribution in [0, 0.1) is 13.8 Å². The van der Waals surface area contributed by atoms with Gasteiger partial charge in [0.15, 0.2) is 0 Å². The van der Waals surface area contributed by atoms with Crippen LogP contribution in [0.25, 0.3) is 0 Å². The maximum Gasteiger partial charge on any atom is 0.107 e. The molecule has 0 aromatic carbocycles. The first-order valence-corrected chi connectivity index (χ1v) is 6.75. The molecule has 106 valence electrons. The monoisotopic (exact) mass is 280 g/mol. The summed E-state index contributed by atoms with van der Waals surface area (Å²) < 4.78 is 0. The normalized spacial score (nSPS) is 11.7. The van der Waals surface area contributed by atoms with Gasteiger partial charge in [0.05, 0.1) is 5.56 Å². The van der Waals surface area contributed by atoms with Crippen molar-refractivity contribution in [3.05, 3.63) is 23.0 Å². The van der Waals surface area contributed by atoms with E-state index in [9.17, 15) is 0 Å². The van der Waals surface area contributed by atoms with Gasteiger partial charge in [0.25, 0.3) is 0 Å². The van der Waals surface area contributed by atoms with Crippen LogP contribution in [0.15, 0.2) is 6.07 Å². The van der Waals surface area contributed by atoms with Gasteiger partial charge in [-0.05, 0) is 47.9 Å². The number of nitrogens with zero attached hydrogens (tertiary/aromatic N) is 2. The zero-order chi connectivity index (χ0) is 14.8. The molecule has 1 heterocycles. The predicted octanol–water partition coefficient (Wildman–Crippen LogP) is 2.08. The van der Waals surface area contributed by atoms with Gasteiger partial charge in [-0.15, -0.1) is 0 Å². The van der Waals surface area contributed by atoms with E-state index in [0.29, 0.717) is 4.99 Å². The fourth-order valence-electron chi connectivity index (χ4n) is 1.75. The summed E-state index contributed by atoms with van der Waals surface area (Å²) in [6, 6.07) is 1.99. The molecule has 1 aromatic rings. The van der Waals surface area contributed by atoms with E-state index in [1.807, 2.05) is 19.9 Å². The molecule has 0 fully saturated rings. The number of rotatable bonds is 5. The number of hydrogen-bond donors (Lipinski definition) is 2. The number of pyridine rings is 1. The summed E-state index contributed by atoms with van der Waals surface area (Å²) >= 11 is 5.13. The number of likely N-dealkylation sites (N-methyl/N-ethyl adjacent to an activating group) is 1. The Morgan fingerprint density at radius 3 is 2.47 bits per heavy atom. The Hall–Kier alpha value is -1.20. The average Bonchev–Trinajstić information content (AvgIpc) is 2.24. The quantitative estimate of drug-likeness (QED) is 0.809. The van der Waals surface area contributed by atoms with Crippen molar-refractivity contribution in [2.75, 3.05) is 26.0 Å². The smallest absolute Gasteiger partial charge is 0.107 e. The van der Waals surface area contributed by atoms with Gasteiger partial charge >= 0.3 is 0 Å². The van der Waals surface area contributed by atoms with Gasteiger partial charge in [-0.25, -0.2) is 0 Å². The summed E-state index contributed by atoms with van der Waals surface area (Å²) in [5, 5.41) is 3.45. The maximum absolute atomic E-state index is 5.81. The molecule has 5 heteroatoms. The minimum atomic E-state index is 0.0402. The predicted molar refractivity (Wildman–Crippen MR) is 85.9 cm³/mol. The van der Waals surface area contributed by atoms with Crippen molar-refractivity contribution in [3.63, 3.8) is 0 Å². The van der Waals surface area contributed by atoms with Crippen LogP contribution in [-0.2, 0) is 0 Å². The lowest BCUT2D eigenvalue weighted by Gasteiger charge is -2.33. The molecule has 0 spiro atoms. The number of nitrogens with two attached hydrogens (primary N) is 1. The summed E-state index contributed by atoms with van der Waals surface area (Å²) in [5.74, 6) is 0. The molecule has 0 atom stereocenters. The van der Waals surface area contributed by atoms with E-state index in [-0.39, 0.29) is 5.54 Å². The minimum Gasteiger partial charge on any atom is -0.389 e. The van der Waals surface area contributed by atoms with Gasteiger partial charge in [0.1, 0.15) is 4.99 Å². The molecule has 0 bridgehead atoms. The van der Waals surface area contributed by atoms with Crippen molar-refractivity contribution in [2.45, 2.75) is 33.2 Å². The van der Waals surface area contributed by atoms with E-state index in [2.05, 4.69) is 43.1 Å². The molecule has 0 amide bonds. The molecule has 19 heavy (non-hydrogen) atoms. The molecule has 3 N–H and O–H groups in total. The standard InChI is InChI=1S/C14H24N4S/c1-9-7-11(12(13(15)19)10(2)17-9)16-8-14(3,4)18(5)6/h7H,8H2,1-6H3,(H2,15,19)(H,16,17). The molecule has 1 rings (SSSR count). The van der Waals surface area contributed by atoms with Gasteiger partial charge in [-0.1, -0.05) is 12.2 Å². The first-order valence-electron chi connectivity index (χ1n) is 6.34. The number of aryl methyl sites for hydroxylation is 2. The van der Waals surface area contributed by atoms with Crippen molar-refractivity contribution < 1.29 is 0 Å². The highest BCUT2D eigenvalue weighted by atomic mass is 32.1. The van der Waals surface area contributed by atoms with E-state index in [0.717, 1.165) is 29.2 Å². The second-order valence-corrected chi connectivity index (χ2v) is 6.14. The molecule has 0 saturated carbocycles. The van der Waals surface area contributed by atoms with Crippen molar-refractivity contribution in [2.24, 2.45) is 5.73 Å². The Kier molecular flexibility index (Phi) is 4.87. The van der Waals surface area contributed by atoms with E-state index in [1.54, 1.807) is 0 Å². The fraction of sp³-hybridized carbons (Fsp3) is 0.571. The van der Waals surface area contributed by atoms with Crippen molar-refractivity contribution in [1.29, 1.82) is 0 Å². The first-order chi connectivity index (χ1) is 8.65. The molecule has 1 aromatic heterocycles. The third-order valence-corrected chi connectivity index (χ3v) is 3.70. The number of aromatic nitrogens is 1. The lowest BCUT2D eigenvalue weighted by molar-refractivity contribution is 0.210. The highest BCUT2D eigenvalue weighted by Crippen LogP contribution is 2.21. The fourth-order valence-corrected chi connectivity index (χ4v) is 2.01. The summed E-state index contributed by atoms with van der Waals surface area (Å²) in [6.45, 7) is 9.07. The molecule has 4 nitrogen and oxygen atoms in total. The molecule has 0 saturated heterocycles. The van der Waals surface area contributed by atoms with Crippen molar-refractivity contribution in [1.82, 2.24) is 9.88 Å². The minimum absolute atomic E-state index is 0.0402. The highest BCUT2D eigenvalue weighted by molar-refractivity contribution is 7.80. The number of nitrogens with one attached hydrogen (secondary N) is 1. The van der Waals surface area contributed by atoms with E-state index < -0.39 is 0 Å². The third kappa shape index (κ3) is 3.88. The molecule has 0 aliphatic heterocycles. The van der Waals surface area contributed by atoms with Gasteiger partial charge in [-0.3, -0.25) is 4.98 Å². The number of anilines is 1. The van der Waals surface area contributed by atoms with E-state index in [1.165, 1.54) is 0 Å². The number of hydrogen-bond acceptors (Lipinski definition) is 4. The molecular formula is C14H24N4S. The Bertz CT molecular complexity index is 481. The third-order valence-electron chi connectivity index (χ3n) is 3.50. The van der Waals surface area contributed by atoms with Crippen LogP contribution in [0.4, 0.5) is 5.69 Å².